The van der Waals surface area contributed by atoms with E-state index in [1.54, 1.807) is 26.4 Å². The number of rotatable bonds is 6. The van der Waals surface area contributed by atoms with Gasteiger partial charge < -0.3 is 19.7 Å². The van der Waals surface area contributed by atoms with E-state index in [1.807, 2.05) is 24.3 Å². The number of carbonyl (C=O) groups is 1. The summed E-state index contributed by atoms with van der Waals surface area (Å²) in [5.41, 5.74) is 2.57. The van der Waals surface area contributed by atoms with Gasteiger partial charge >= 0.3 is 0 Å². The summed E-state index contributed by atoms with van der Waals surface area (Å²) < 4.78 is 10.5. The second-order valence-corrected chi connectivity index (χ2v) is 6.68. The summed E-state index contributed by atoms with van der Waals surface area (Å²) in [6.07, 6.45) is 2.62. The zero-order valence-electron chi connectivity index (χ0n) is 15.0. The average molecular weight is 375 g/mol. The van der Waals surface area contributed by atoms with E-state index in [1.165, 1.54) is 12.8 Å². The maximum absolute atomic E-state index is 12.5. The molecule has 1 heterocycles. The molecular formula is C20H23ClN2O3. The predicted octanol–water partition coefficient (Wildman–Crippen LogP) is 4.14. The minimum atomic E-state index is -0.127. The number of nitrogens with one attached hydrogen (secondary N) is 1. The van der Waals surface area contributed by atoms with Gasteiger partial charge in [0.25, 0.3) is 0 Å². The van der Waals surface area contributed by atoms with Crippen LogP contribution in [0, 0.1) is 0 Å². The lowest BCUT2D eigenvalue weighted by molar-refractivity contribution is -0.115. The number of nitrogens with zero attached hydrogens (tertiary/aromatic N) is 1. The van der Waals surface area contributed by atoms with E-state index in [0.29, 0.717) is 22.2 Å². The number of benzene rings is 2. The van der Waals surface area contributed by atoms with Crippen LogP contribution in [0.4, 0.5) is 11.4 Å². The number of hydrogen-bond donors (Lipinski definition) is 1. The van der Waals surface area contributed by atoms with Crippen LogP contribution in [0.3, 0.4) is 0 Å². The van der Waals surface area contributed by atoms with Crippen molar-refractivity contribution >= 4 is 28.9 Å². The largest absolute Gasteiger partial charge is 0.493 e. The molecule has 0 radical (unpaired) electrons. The third-order valence-corrected chi connectivity index (χ3v) is 4.84. The molecule has 1 fully saturated rings. The van der Waals surface area contributed by atoms with Gasteiger partial charge in [-0.1, -0.05) is 17.7 Å². The monoisotopic (exact) mass is 374 g/mol. The first-order valence-corrected chi connectivity index (χ1v) is 9.04. The highest BCUT2D eigenvalue weighted by Crippen LogP contribution is 2.30. The first-order valence-electron chi connectivity index (χ1n) is 8.66. The zero-order valence-corrected chi connectivity index (χ0v) is 15.8. The van der Waals surface area contributed by atoms with E-state index >= 15 is 0 Å². The van der Waals surface area contributed by atoms with Crippen LogP contribution >= 0.6 is 11.6 Å². The standard InChI is InChI=1S/C20H23ClN2O3/c1-25-18-8-5-14(11-19(18)26-2)12-20(24)22-17-13-15(6-7-16(17)21)23-9-3-4-10-23/h5-8,11,13H,3-4,9-10,12H2,1-2H3,(H,22,24). The van der Waals surface area contributed by atoms with Crippen molar-refractivity contribution in [3.8, 4) is 11.5 Å². The molecule has 5 nitrogen and oxygen atoms in total. The predicted molar refractivity (Wildman–Crippen MR) is 105 cm³/mol. The third-order valence-electron chi connectivity index (χ3n) is 4.51. The van der Waals surface area contributed by atoms with E-state index < -0.39 is 0 Å². The first kappa shape index (κ1) is 18.4. The molecule has 2 aromatic carbocycles. The van der Waals surface area contributed by atoms with Crippen molar-refractivity contribution in [2.75, 3.05) is 37.5 Å². The second-order valence-electron chi connectivity index (χ2n) is 6.27. The number of halogens is 1. The molecule has 26 heavy (non-hydrogen) atoms. The van der Waals surface area contributed by atoms with Crippen LogP contribution in [0.5, 0.6) is 11.5 Å². The summed E-state index contributed by atoms with van der Waals surface area (Å²) in [5, 5.41) is 3.45. The zero-order chi connectivity index (χ0) is 18.5. The Balaban J connectivity index is 1.70. The summed E-state index contributed by atoms with van der Waals surface area (Å²) in [7, 11) is 3.16. The smallest absolute Gasteiger partial charge is 0.228 e. The van der Waals surface area contributed by atoms with Gasteiger partial charge in [0.1, 0.15) is 0 Å². The summed E-state index contributed by atoms with van der Waals surface area (Å²) in [4.78, 5) is 14.8. The molecule has 1 aliphatic rings. The number of amides is 1. The van der Waals surface area contributed by atoms with Crippen molar-refractivity contribution in [2.24, 2.45) is 0 Å². The molecule has 0 unspecified atom stereocenters. The summed E-state index contributed by atoms with van der Waals surface area (Å²) in [6, 6.07) is 11.2. The van der Waals surface area contributed by atoms with Gasteiger partial charge in [0.2, 0.25) is 5.91 Å². The lowest BCUT2D eigenvalue weighted by Gasteiger charge is -2.19. The fourth-order valence-electron chi connectivity index (χ4n) is 3.15. The molecule has 0 aliphatic carbocycles. The Morgan fingerprint density at radius 3 is 2.50 bits per heavy atom. The molecule has 138 valence electrons. The lowest BCUT2D eigenvalue weighted by atomic mass is 10.1. The molecule has 0 aromatic heterocycles. The lowest BCUT2D eigenvalue weighted by Crippen LogP contribution is -2.19. The molecule has 0 spiro atoms. The van der Waals surface area contributed by atoms with Crippen molar-refractivity contribution in [1.29, 1.82) is 0 Å². The molecule has 6 heteroatoms. The normalized spacial score (nSPS) is 13.6. The Morgan fingerprint density at radius 2 is 1.81 bits per heavy atom. The van der Waals surface area contributed by atoms with Gasteiger partial charge in [0.15, 0.2) is 11.5 Å². The molecule has 0 atom stereocenters. The van der Waals surface area contributed by atoms with Gasteiger partial charge in [-0.3, -0.25) is 4.79 Å². The highest BCUT2D eigenvalue weighted by Gasteiger charge is 2.15. The topological polar surface area (TPSA) is 50.8 Å². The number of methoxy groups -OCH3 is 2. The van der Waals surface area contributed by atoms with E-state index in [4.69, 9.17) is 21.1 Å². The van der Waals surface area contributed by atoms with Crippen molar-refractivity contribution < 1.29 is 14.3 Å². The van der Waals surface area contributed by atoms with Crippen molar-refractivity contribution in [3.63, 3.8) is 0 Å². The van der Waals surface area contributed by atoms with Gasteiger partial charge in [0, 0.05) is 18.8 Å². The van der Waals surface area contributed by atoms with Crippen LogP contribution in [-0.2, 0) is 11.2 Å². The molecule has 1 saturated heterocycles. The van der Waals surface area contributed by atoms with Gasteiger partial charge in [0.05, 0.1) is 31.4 Å². The summed E-state index contributed by atoms with van der Waals surface area (Å²) in [6.45, 7) is 2.08. The Labute approximate surface area is 158 Å². The number of carbonyl (C=O) groups excluding carboxylic acids is 1. The molecule has 1 N–H and O–H groups in total. The van der Waals surface area contributed by atoms with Crippen LogP contribution in [0.2, 0.25) is 5.02 Å². The van der Waals surface area contributed by atoms with E-state index in [0.717, 1.165) is 24.3 Å². The van der Waals surface area contributed by atoms with Crippen molar-refractivity contribution in [1.82, 2.24) is 0 Å². The maximum atomic E-state index is 12.5. The van der Waals surface area contributed by atoms with Crippen LogP contribution < -0.4 is 19.7 Å². The van der Waals surface area contributed by atoms with Crippen LogP contribution in [-0.4, -0.2) is 33.2 Å². The van der Waals surface area contributed by atoms with Crippen LogP contribution in [0.25, 0.3) is 0 Å². The highest BCUT2D eigenvalue weighted by molar-refractivity contribution is 6.33. The van der Waals surface area contributed by atoms with Gasteiger partial charge in [-0.2, -0.15) is 0 Å². The minimum Gasteiger partial charge on any atom is -0.493 e. The van der Waals surface area contributed by atoms with Crippen LogP contribution in [0.1, 0.15) is 18.4 Å². The molecule has 0 bridgehead atoms. The fourth-order valence-corrected chi connectivity index (χ4v) is 3.32. The van der Waals surface area contributed by atoms with Crippen molar-refractivity contribution in [3.05, 3.63) is 47.0 Å². The number of anilines is 2. The molecule has 1 amide bonds. The third kappa shape index (κ3) is 4.22. The molecule has 3 rings (SSSR count). The Kier molecular flexibility index (Phi) is 5.89. The molecular weight excluding hydrogens is 352 g/mol. The van der Waals surface area contributed by atoms with Crippen molar-refractivity contribution in [2.45, 2.75) is 19.3 Å². The molecule has 0 saturated carbocycles. The van der Waals surface area contributed by atoms with E-state index in [2.05, 4.69) is 10.2 Å². The number of hydrogen-bond acceptors (Lipinski definition) is 4. The quantitative estimate of drug-likeness (QED) is 0.825. The SMILES string of the molecule is COc1ccc(CC(=O)Nc2cc(N3CCCC3)ccc2Cl)cc1OC. The fraction of sp³-hybridized carbons (Fsp3) is 0.350. The molecule has 2 aromatic rings. The second kappa shape index (κ2) is 8.32. The van der Waals surface area contributed by atoms with Gasteiger partial charge in [-0.15, -0.1) is 0 Å². The molecule has 1 aliphatic heterocycles. The average Bonchev–Trinajstić information content (AvgIpc) is 3.18. The van der Waals surface area contributed by atoms with E-state index in [9.17, 15) is 4.79 Å². The Morgan fingerprint density at radius 1 is 1.08 bits per heavy atom. The van der Waals surface area contributed by atoms with E-state index in [-0.39, 0.29) is 12.3 Å². The summed E-state index contributed by atoms with van der Waals surface area (Å²) in [5.74, 6) is 1.11. The van der Waals surface area contributed by atoms with Gasteiger partial charge in [-0.25, -0.2) is 0 Å². The summed E-state index contributed by atoms with van der Waals surface area (Å²) >= 11 is 6.27. The first-order chi connectivity index (χ1) is 12.6. The van der Waals surface area contributed by atoms with Crippen LogP contribution in [0.15, 0.2) is 36.4 Å². The maximum Gasteiger partial charge on any atom is 0.228 e. The minimum absolute atomic E-state index is 0.127. The Bertz CT molecular complexity index is 789. The highest BCUT2D eigenvalue weighted by atomic mass is 35.5. The number of ether oxygens (including phenoxy) is 2. The van der Waals surface area contributed by atoms with Gasteiger partial charge in [-0.05, 0) is 48.7 Å². The Hall–Kier alpha value is -2.40.